The van der Waals surface area contributed by atoms with Crippen LogP contribution in [0.25, 0.3) is 0 Å². The Morgan fingerprint density at radius 1 is 1.65 bits per heavy atom. The van der Waals surface area contributed by atoms with Crippen LogP contribution in [0, 0.1) is 11.8 Å². The molecule has 2 unspecified atom stereocenters. The first-order valence-electron chi connectivity index (χ1n) is 5.75. The molecular formula is C10H18N4O2S. The van der Waals surface area contributed by atoms with Crippen LogP contribution in [0.2, 0.25) is 0 Å². The second kappa shape index (κ2) is 4.75. The lowest BCUT2D eigenvalue weighted by Crippen LogP contribution is -2.45. The summed E-state index contributed by atoms with van der Waals surface area (Å²) in [5.74, 6) is 0.717. The van der Waals surface area contributed by atoms with E-state index in [4.69, 9.17) is 5.73 Å². The van der Waals surface area contributed by atoms with Crippen molar-refractivity contribution in [2.45, 2.75) is 18.4 Å². The molecule has 0 amide bonds. The highest BCUT2D eigenvalue weighted by atomic mass is 32.2. The lowest BCUT2D eigenvalue weighted by atomic mass is 9.88. The summed E-state index contributed by atoms with van der Waals surface area (Å²) < 4.78 is 26.0. The Labute approximate surface area is 101 Å². The normalized spacial score (nSPS) is 27.2. The monoisotopic (exact) mass is 258 g/mol. The van der Waals surface area contributed by atoms with E-state index in [0.717, 1.165) is 6.42 Å². The number of hydrogen-bond acceptors (Lipinski definition) is 4. The van der Waals surface area contributed by atoms with Gasteiger partial charge in [-0.3, -0.25) is 5.10 Å². The Hall–Kier alpha value is -0.920. The molecule has 1 aliphatic heterocycles. The van der Waals surface area contributed by atoms with Gasteiger partial charge in [-0.25, -0.2) is 8.42 Å². The number of sulfonamides is 1. The van der Waals surface area contributed by atoms with E-state index in [1.165, 1.54) is 16.6 Å². The van der Waals surface area contributed by atoms with Crippen molar-refractivity contribution in [1.29, 1.82) is 0 Å². The maximum Gasteiger partial charge on any atom is 0.259 e. The molecule has 7 heteroatoms. The molecular weight excluding hydrogens is 240 g/mol. The topological polar surface area (TPSA) is 92.1 Å². The Kier molecular flexibility index (Phi) is 3.50. The van der Waals surface area contributed by atoms with Crippen LogP contribution in [0.3, 0.4) is 0 Å². The van der Waals surface area contributed by atoms with Gasteiger partial charge >= 0.3 is 0 Å². The Morgan fingerprint density at radius 2 is 2.41 bits per heavy atom. The van der Waals surface area contributed by atoms with Crippen molar-refractivity contribution >= 4 is 10.0 Å². The third kappa shape index (κ3) is 2.36. The smallest absolute Gasteiger partial charge is 0.259 e. The number of rotatable bonds is 3. The predicted octanol–water partition coefficient (Wildman–Crippen LogP) is 0.0151. The Morgan fingerprint density at radius 3 is 3.00 bits per heavy atom. The summed E-state index contributed by atoms with van der Waals surface area (Å²) >= 11 is 0. The quantitative estimate of drug-likeness (QED) is 0.799. The van der Waals surface area contributed by atoms with Crippen LogP contribution in [0.5, 0.6) is 0 Å². The van der Waals surface area contributed by atoms with Crippen LogP contribution in [0.15, 0.2) is 17.3 Å². The van der Waals surface area contributed by atoms with Gasteiger partial charge in [-0.2, -0.15) is 9.40 Å². The van der Waals surface area contributed by atoms with Crippen LogP contribution in [-0.4, -0.2) is 42.6 Å². The zero-order valence-corrected chi connectivity index (χ0v) is 10.7. The van der Waals surface area contributed by atoms with Crippen molar-refractivity contribution in [2.24, 2.45) is 17.6 Å². The van der Waals surface area contributed by atoms with Crippen LogP contribution in [0.1, 0.15) is 13.3 Å². The number of H-pyrrole nitrogens is 1. The molecule has 17 heavy (non-hydrogen) atoms. The first-order chi connectivity index (χ1) is 8.05. The molecule has 1 fully saturated rings. The summed E-state index contributed by atoms with van der Waals surface area (Å²) in [6.07, 6.45) is 2.30. The highest BCUT2D eigenvalue weighted by Crippen LogP contribution is 2.26. The van der Waals surface area contributed by atoms with Crippen molar-refractivity contribution in [3.8, 4) is 0 Å². The van der Waals surface area contributed by atoms with Gasteiger partial charge in [0.25, 0.3) is 10.0 Å². The van der Waals surface area contributed by atoms with E-state index in [9.17, 15) is 8.42 Å². The van der Waals surface area contributed by atoms with E-state index in [-0.39, 0.29) is 10.9 Å². The molecule has 0 saturated carbocycles. The number of nitrogens with one attached hydrogen (secondary N) is 1. The van der Waals surface area contributed by atoms with Gasteiger partial charge in [0.15, 0.2) is 5.03 Å². The lowest BCUT2D eigenvalue weighted by Gasteiger charge is -2.35. The van der Waals surface area contributed by atoms with Crippen LogP contribution < -0.4 is 5.73 Å². The number of piperidine rings is 1. The number of hydrogen-bond donors (Lipinski definition) is 2. The van der Waals surface area contributed by atoms with Crippen molar-refractivity contribution < 1.29 is 8.42 Å². The van der Waals surface area contributed by atoms with E-state index in [1.807, 2.05) is 0 Å². The fourth-order valence-corrected chi connectivity index (χ4v) is 3.58. The molecule has 3 N–H and O–H groups in total. The highest BCUT2D eigenvalue weighted by Gasteiger charge is 2.33. The molecule has 1 aromatic heterocycles. The van der Waals surface area contributed by atoms with Gasteiger partial charge in [0, 0.05) is 13.1 Å². The SMILES string of the molecule is CC1CCN(S(=O)(=O)c2ccn[nH]2)CC1CN. The molecule has 0 aliphatic carbocycles. The number of aromatic nitrogens is 2. The van der Waals surface area contributed by atoms with Crippen LogP contribution >= 0.6 is 0 Å². The van der Waals surface area contributed by atoms with Gasteiger partial charge in [-0.15, -0.1) is 0 Å². The summed E-state index contributed by atoms with van der Waals surface area (Å²) in [5, 5.41) is 6.35. The molecule has 0 spiro atoms. The summed E-state index contributed by atoms with van der Waals surface area (Å²) in [6.45, 7) is 3.70. The van der Waals surface area contributed by atoms with Crippen molar-refractivity contribution in [3.05, 3.63) is 12.3 Å². The Bertz CT molecular complexity index is 457. The highest BCUT2D eigenvalue weighted by molar-refractivity contribution is 7.89. The minimum atomic E-state index is -3.43. The fourth-order valence-electron chi connectivity index (χ4n) is 2.17. The minimum absolute atomic E-state index is 0.155. The number of aromatic amines is 1. The average molecular weight is 258 g/mol. The Balaban J connectivity index is 2.19. The van der Waals surface area contributed by atoms with Crippen molar-refractivity contribution in [3.63, 3.8) is 0 Å². The first-order valence-corrected chi connectivity index (χ1v) is 7.19. The number of nitrogens with two attached hydrogens (primary N) is 1. The maximum atomic E-state index is 12.2. The van der Waals surface area contributed by atoms with E-state index >= 15 is 0 Å². The van der Waals surface area contributed by atoms with E-state index in [1.54, 1.807) is 0 Å². The van der Waals surface area contributed by atoms with Gasteiger partial charge in [-0.05, 0) is 30.9 Å². The molecule has 6 nitrogen and oxygen atoms in total. The summed E-state index contributed by atoms with van der Waals surface area (Å²) in [7, 11) is -3.43. The van der Waals surface area contributed by atoms with E-state index in [2.05, 4.69) is 17.1 Å². The third-order valence-electron chi connectivity index (χ3n) is 3.47. The zero-order valence-electron chi connectivity index (χ0n) is 9.83. The standard InChI is InChI=1S/C10H18N4O2S/c1-8-3-5-14(7-9(8)6-11)17(15,16)10-2-4-12-13-10/h2,4,8-9H,3,5-7,11H2,1H3,(H,12,13). The first kappa shape index (κ1) is 12.5. The minimum Gasteiger partial charge on any atom is -0.330 e. The molecule has 96 valence electrons. The molecule has 0 bridgehead atoms. The van der Waals surface area contributed by atoms with Crippen LogP contribution in [-0.2, 0) is 10.0 Å². The molecule has 2 atom stereocenters. The zero-order chi connectivity index (χ0) is 12.5. The fraction of sp³-hybridized carbons (Fsp3) is 0.700. The van der Waals surface area contributed by atoms with Gasteiger partial charge in [0.1, 0.15) is 0 Å². The second-order valence-corrected chi connectivity index (χ2v) is 6.45. The maximum absolute atomic E-state index is 12.2. The van der Waals surface area contributed by atoms with Gasteiger partial charge in [-0.1, -0.05) is 6.92 Å². The van der Waals surface area contributed by atoms with Gasteiger partial charge in [0.2, 0.25) is 0 Å². The van der Waals surface area contributed by atoms with Gasteiger partial charge < -0.3 is 5.73 Å². The lowest BCUT2D eigenvalue weighted by molar-refractivity contribution is 0.203. The van der Waals surface area contributed by atoms with E-state index < -0.39 is 10.0 Å². The molecule has 2 heterocycles. The largest absolute Gasteiger partial charge is 0.330 e. The third-order valence-corrected chi connectivity index (χ3v) is 5.27. The molecule has 2 rings (SSSR count). The molecule has 1 aliphatic rings. The van der Waals surface area contributed by atoms with Crippen molar-refractivity contribution in [1.82, 2.24) is 14.5 Å². The van der Waals surface area contributed by atoms with Gasteiger partial charge in [0.05, 0.1) is 6.20 Å². The molecule has 0 radical (unpaired) electrons. The summed E-state index contributed by atoms with van der Waals surface area (Å²) in [6, 6.07) is 1.48. The average Bonchev–Trinajstić information content (AvgIpc) is 2.83. The molecule has 1 saturated heterocycles. The molecule has 0 aromatic carbocycles. The summed E-state index contributed by atoms with van der Waals surface area (Å²) in [4.78, 5) is 0. The molecule has 1 aromatic rings. The van der Waals surface area contributed by atoms with E-state index in [0.29, 0.717) is 25.6 Å². The summed E-state index contributed by atoms with van der Waals surface area (Å²) in [5.41, 5.74) is 5.68. The van der Waals surface area contributed by atoms with Crippen LogP contribution in [0.4, 0.5) is 0 Å². The predicted molar refractivity (Wildman–Crippen MR) is 63.7 cm³/mol. The second-order valence-electron chi connectivity index (χ2n) is 4.55. The number of nitrogens with zero attached hydrogens (tertiary/aromatic N) is 2. The van der Waals surface area contributed by atoms with Crippen molar-refractivity contribution in [2.75, 3.05) is 19.6 Å².